The van der Waals surface area contributed by atoms with Crippen LogP contribution in [0.15, 0.2) is 228 Å². The van der Waals surface area contributed by atoms with E-state index >= 15 is 0 Å². The third kappa shape index (κ3) is 9.27. The van der Waals surface area contributed by atoms with Gasteiger partial charge in [-0.1, -0.05) is 167 Å². The SMILES string of the molecule is CC(C)CCCC(C)CCc1ccc(-c2ccc(N(c3ccc(-c4ccc5c(c4)Oc4ccccc4N5c4ccccc4)cc3)c3ccc4c(c3)Sc3ccccc3N4c3ccccc3)cc2)cc1. The minimum atomic E-state index is 0.756. The number of nitrogens with zero attached hydrogens (tertiary/aromatic N) is 3. The number of anilines is 9. The van der Waals surface area contributed by atoms with Gasteiger partial charge in [-0.3, -0.25) is 0 Å². The van der Waals surface area contributed by atoms with Crippen molar-refractivity contribution in [2.24, 2.45) is 11.8 Å². The van der Waals surface area contributed by atoms with E-state index in [4.69, 9.17) is 4.74 Å². The summed E-state index contributed by atoms with van der Waals surface area (Å²) in [6.45, 7) is 7.07. The van der Waals surface area contributed by atoms with Crippen LogP contribution in [0.4, 0.5) is 51.2 Å². The fraction of sp³-hybridized carbons (Fsp3) is 0.156. The van der Waals surface area contributed by atoms with Crippen LogP contribution in [0.1, 0.15) is 52.0 Å². The van der Waals surface area contributed by atoms with Gasteiger partial charge in [0.2, 0.25) is 0 Å². The first-order chi connectivity index (χ1) is 33.9. The molecule has 9 aromatic rings. The number of para-hydroxylation sites is 5. The predicted molar refractivity (Wildman–Crippen MR) is 292 cm³/mol. The molecule has 69 heavy (non-hydrogen) atoms. The third-order valence-electron chi connectivity index (χ3n) is 13.6. The lowest BCUT2D eigenvalue weighted by Crippen LogP contribution is -2.16. The Morgan fingerprint density at radius 3 is 1.59 bits per heavy atom. The third-order valence-corrected chi connectivity index (χ3v) is 14.7. The zero-order chi connectivity index (χ0) is 46.7. The smallest absolute Gasteiger partial charge is 0.152 e. The first-order valence-electron chi connectivity index (χ1n) is 24.6. The molecule has 0 aliphatic carbocycles. The molecule has 9 aromatic carbocycles. The lowest BCUT2D eigenvalue weighted by atomic mass is 9.94. The molecule has 2 heterocycles. The Kier molecular flexibility index (Phi) is 12.5. The fourth-order valence-corrected chi connectivity index (χ4v) is 11.0. The monoisotopic (exact) mass is 915 g/mol. The van der Waals surface area contributed by atoms with E-state index in [1.54, 1.807) is 0 Å². The molecule has 0 saturated carbocycles. The van der Waals surface area contributed by atoms with E-state index in [2.05, 4.69) is 242 Å². The fourth-order valence-electron chi connectivity index (χ4n) is 9.88. The normalized spacial score (nSPS) is 12.9. The second-order valence-corrected chi connectivity index (χ2v) is 20.0. The van der Waals surface area contributed by atoms with Gasteiger partial charge in [0.05, 0.1) is 22.7 Å². The van der Waals surface area contributed by atoms with E-state index in [-0.39, 0.29) is 0 Å². The first-order valence-corrected chi connectivity index (χ1v) is 25.4. The molecular formula is C64H57N3OS. The van der Waals surface area contributed by atoms with Gasteiger partial charge in [-0.05, 0) is 156 Å². The zero-order valence-corrected chi connectivity index (χ0v) is 40.4. The second-order valence-electron chi connectivity index (χ2n) is 18.9. The van der Waals surface area contributed by atoms with Gasteiger partial charge in [0, 0.05) is 38.2 Å². The summed E-state index contributed by atoms with van der Waals surface area (Å²) in [5, 5.41) is 0. The topological polar surface area (TPSA) is 19.0 Å². The predicted octanol–water partition coefficient (Wildman–Crippen LogP) is 19.4. The Morgan fingerprint density at radius 1 is 0.420 bits per heavy atom. The van der Waals surface area contributed by atoms with Crippen LogP contribution in [0, 0.1) is 11.8 Å². The zero-order valence-electron chi connectivity index (χ0n) is 39.6. The van der Waals surface area contributed by atoms with Crippen molar-refractivity contribution in [1.29, 1.82) is 0 Å². The highest BCUT2D eigenvalue weighted by molar-refractivity contribution is 7.99. The van der Waals surface area contributed by atoms with Gasteiger partial charge in [0.15, 0.2) is 11.5 Å². The first kappa shape index (κ1) is 44.1. The molecule has 2 aliphatic heterocycles. The highest BCUT2D eigenvalue weighted by Crippen LogP contribution is 2.54. The van der Waals surface area contributed by atoms with E-state index in [0.717, 1.165) is 80.7 Å². The molecule has 0 saturated heterocycles. The molecule has 4 nitrogen and oxygen atoms in total. The van der Waals surface area contributed by atoms with Crippen LogP contribution in [0.5, 0.6) is 11.5 Å². The van der Waals surface area contributed by atoms with Crippen LogP contribution in [-0.4, -0.2) is 0 Å². The molecule has 1 atom stereocenters. The molecule has 0 amide bonds. The largest absolute Gasteiger partial charge is 0.453 e. The number of aryl methyl sites for hydroxylation is 1. The molecule has 5 heteroatoms. The number of hydrogen-bond donors (Lipinski definition) is 0. The summed E-state index contributed by atoms with van der Waals surface area (Å²) < 4.78 is 6.60. The number of rotatable bonds is 14. The summed E-state index contributed by atoms with van der Waals surface area (Å²) in [5.41, 5.74) is 16.0. The Morgan fingerprint density at radius 2 is 0.928 bits per heavy atom. The van der Waals surface area contributed by atoms with Crippen molar-refractivity contribution in [3.8, 4) is 33.8 Å². The Bertz CT molecular complexity index is 3190. The molecule has 0 radical (unpaired) electrons. The van der Waals surface area contributed by atoms with Gasteiger partial charge < -0.3 is 19.4 Å². The van der Waals surface area contributed by atoms with Crippen molar-refractivity contribution < 1.29 is 4.74 Å². The van der Waals surface area contributed by atoms with E-state index < -0.39 is 0 Å². The molecule has 0 spiro atoms. The average Bonchev–Trinajstić information content (AvgIpc) is 3.39. The summed E-state index contributed by atoms with van der Waals surface area (Å²) in [6, 6.07) is 78.9. The van der Waals surface area contributed by atoms with Crippen molar-refractivity contribution in [1.82, 2.24) is 0 Å². The summed E-state index contributed by atoms with van der Waals surface area (Å²) in [7, 11) is 0. The molecule has 2 aliphatic rings. The van der Waals surface area contributed by atoms with Crippen LogP contribution < -0.4 is 19.4 Å². The van der Waals surface area contributed by atoms with Crippen LogP contribution in [0.25, 0.3) is 22.3 Å². The van der Waals surface area contributed by atoms with Gasteiger partial charge in [0.1, 0.15) is 0 Å². The maximum atomic E-state index is 6.60. The van der Waals surface area contributed by atoms with Crippen LogP contribution in [0.2, 0.25) is 0 Å². The Balaban J connectivity index is 0.915. The molecule has 11 rings (SSSR count). The Hall–Kier alpha value is -7.47. The minimum absolute atomic E-state index is 0.756. The standard InChI is InChI=1S/C64H57N3OS/c1-45(2)15-14-16-46(3)25-26-47-27-29-48(30-28-47)49-31-36-54(37-32-49)65(56-40-42-60-64(44-56)69-63-24-13-11-22-59(63)67(60)53-19-8-5-9-20-53)55-38-33-50(34-39-55)51-35-41-58-62(43-51)68-61-23-12-10-21-57(61)66(58)52-17-6-4-7-18-52/h4-13,17-24,27-46H,14-16,25-26H2,1-3H3. The summed E-state index contributed by atoms with van der Waals surface area (Å²) in [5.74, 6) is 3.21. The molecule has 1 unspecified atom stereocenters. The van der Waals surface area contributed by atoms with Crippen molar-refractivity contribution >= 4 is 62.9 Å². The minimum Gasteiger partial charge on any atom is -0.453 e. The quantitative estimate of drug-likeness (QED) is 0.108. The average molecular weight is 916 g/mol. The van der Waals surface area contributed by atoms with E-state index in [9.17, 15) is 0 Å². The lowest BCUT2D eigenvalue weighted by molar-refractivity contribution is 0.437. The lowest BCUT2D eigenvalue weighted by Gasteiger charge is -2.34. The van der Waals surface area contributed by atoms with Crippen molar-refractivity contribution in [3.63, 3.8) is 0 Å². The van der Waals surface area contributed by atoms with Gasteiger partial charge in [-0.25, -0.2) is 0 Å². The number of ether oxygens (including phenoxy) is 1. The van der Waals surface area contributed by atoms with Crippen LogP contribution in [0.3, 0.4) is 0 Å². The maximum absolute atomic E-state index is 6.60. The van der Waals surface area contributed by atoms with Gasteiger partial charge >= 0.3 is 0 Å². The molecule has 0 aromatic heterocycles. The van der Waals surface area contributed by atoms with Crippen LogP contribution in [-0.2, 0) is 6.42 Å². The number of hydrogen-bond acceptors (Lipinski definition) is 5. The molecule has 0 N–H and O–H groups in total. The molecule has 340 valence electrons. The molecule has 0 fully saturated rings. The maximum Gasteiger partial charge on any atom is 0.152 e. The number of fused-ring (bicyclic) bond motifs is 4. The van der Waals surface area contributed by atoms with Crippen molar-refractivity contribution in [2.75, 3.05) is 14.7 Å². The molecular weight excluding hydrogens is 859 g/mol. The van der Waals surface area contributed by atoms with Gasteiger partial charge in [-0.2, -0.15) is 0 Å². The summed E-state index contributed by atoms with van der Waals surface area (Å²) >= 11 is 1.83. The molecule has 0 bridgehead atoms. The highest BCUT2D eigenvalue weighted by Gasteiger charge is 2.28. The van der Waals surface area contributed by atoms with Crippen LogP contribution >= 0.6 is 11.8 Å². The van der Waals surface area contributed by atoms with Gasteiger partial charge in [0.25, 0.3) is 0 Å². The van der Waals surface area contributed by atoms with Crippen molar-refractivity contribution in [2.45, 2.75) is 62.7 Å². The van der Waals surface area contributed by atoms with E-state index in [1.165, 1.54) is 63.5 Å². The van der Waals surface area contributed by atoms with E-state index in [1.807, 2.05) is 23.9 Å². The highest BCUT2D eigenvalue weighted by atomic mass is 32.2. The Labute approximate surface area is 412 Å². The number of benzene rings is 9. The second kappa shape index (κ2) is 19.6. The van der Waals surface area contributed by atoms with E-state index in [0.29, 0.717) is 0 Å². The summed E-state index contributed by atoms with van der Waals surface area (Å²) in [4.78, 5) is 9.50. The summed E-state index contributed by atoms with van der Waals surface area (Å²) in [6.07, 6.45) is 6.35. The van der Waals surface area contributed by atoms with Crippen molar-refractivity contribution in [3.05, 3.63) is 224 Å². The van der Waals surface area contributed by atoms with Gasteiger partial charge in [-0.15, -0.1) is 0 Å².